The molecule has 44 heavy (non-hydrogen) atoms. The average molecular weight is 681 g/mol. The lowest BCUT2D eigenvalue weighted by Gasteiger charge is -2.34. The Morgan fingerprint density at radius 1 is 0.864 bits per heavy atom. The van der Waals surface area contributed by atoms with Crippen molar-refractivity contribution in [2.24, 2.45) is 0 Å². The van der Waals surface area contributed by atoms with Crippen LogP contribution >= 0.6 is 15.9 Å². The topological polar surface area (TPSA) is 86.8 Å². The molecule has 1 atom stereocenters. The third-order valence-corrected chi connectivity index (χ3v) is 9.35. The van der Waals surface area contributed by atoms with Crippen LogP contribution in [0.4, 0.5) is 10.1 Å². The summed E-state index contributed by atoms with van der Waals surface area (Å²) in [6.45, 7) is 1.92. The van der Waals surface area contributed by atoms with Gasteiger partial charge < -0.3 is 10.2 Å². The Kier molecular flexibility index (Phi) is 11.7. The van der Waals surface area contributed by atoms with Crippen LogP contribution in [0.15, 0.2) is 119 Å². The summed E-state index contributed by atoms with van der Waals surface area (Å²) in [5, 5.41) is 2.97. The highest BCUT2D eigenvalue weighted by Gasteiger charge is 2.34. The molecule has 10 heteroatoms. The van der Waals surface area contributed by atoms with Crippen molar-refractivity contribution in [1.29, 1.82) is 0 Å². The third-order valence-electron chi connectivity index (χ3n) is 7.07. The quantitative estimate of drug-likeness (QED) is 0.158. The number of halogens is 2. The van der Waals surface area contributed by atoms with E-state index in [-0.39, 0.29) is 29.5 Å². The lowest BCUT2D eigenvalue weighted by Crippen LogP contribution is -2.53. The second kappa shape index (κ2) is 15.6. The number of carbonyl (C=O) groups excluding carboxylic acids is 2. The van der Waals surface area contributed by atoms with Crippen molar-refractivity contribution in [1.82, 2.24) is 10.2 Å². The Bertz CT molecular complexity index is 1640. The molecule has 7 nitrogen and oxygen atoms in total. The minimum absolute atomic E-state index is 0.0196. The first-order valence-corrected chi connectivity index (χ1v) is 16.6. The minimum Gasteiger partial charge on any atom is -0.354 e. The highest BCUT2D eigenvalue weighted by molar-refractivity contribution is 9.10. The van der Waals surface area contributed by atoms with Gasteiger partial charge in [-0.05, 0) is 66.1 Å². The summed E-state index contributed by atoms with van der Waals surface area (Å²) in [6.07, 6.45) is 1.88. The van der Waals surface area contributed by atoms with Crippen LogP contribution in [0.5, 0.6) is 0 Å². The van der Waals surface area contributed by atoms with Crippen molar-refractivity contribution in [2.75, 3.05) is 17.4 Å². The fourth-order valence-electron chi connectivity index (χ4n) is 4.75. The Labute approximate surface area is 266 Å². The summed E-state index contributed by atoms with van der Waals surface area (Å²) in [5.41, 5.74) is 1.73. The number of rotatable bonds is 14. The number of amides is 2. The molecular formula is C34H35BrFN3O4S. The van der Waals surface area contributed by atoms with Crippen LogP contribution in [0.2, 0.25) is 0 Å². The Hall–Kier alpha value is -4.02. The van der Waals surface area contributed by atoms with E-state index in [1.54, 1.807) is 18.2 Å². The zero-order valence-corrected chi connectivity index (χ0v) is 26.8. The average Bonchev–Trinajstić information content (AvgIpc) is 3.03. The molecule has 0 saturated heterocycles. The Morgan fingerprint density at radius 2 is 1.50 bits per heavy atom. The fourth-order valence-corrected chi connectivity index (χ4v) is 6.63. The number of sulfonamides is 1. The van der Waals surface area contributed by atoms with E-state index >= 15 is 0 Å². The molecule has 0 spiro atoms. The predicted octanol–water partition coefficient (Wildman–Crippen LogP) is 6.34. The zero-order chi connectivity index (χ0) is 31.5. The van der Waals surface area contributed by atoms with E-state index in [0.717, 1.165) is 44.9 Å². The second-order valence-electron chi connectivity index (χ2n) is 10.3. The fraction of sp³-hybridized carbons (Fsp3) is 0.235. The number of carbonyl (C=O) groups is 2. The van der Waals surface area contributed by atoms with Crippen LogP contribution in [0, 0.1) is 5.82 Å². The molecule has 0 aliphatic rings. The summed E-state index contributed by atoms with van der Waals surface area (Å²) in [5.74, 6) is -1.45. The molecule has 230 valence electrons. The van der Waals surface area contributed by atoms with Gasteiger partial charge in [-0.25, -0.2) is 12.8 Å². The van der Waals surface area contributed by atoms with E-state index in [0.29, 0.717) is 6.54 Å². The lowest BCUT2D eigenvalue weighted by atomic mass is 10.0. The van der Waals surface area contributed by atoms with Gasteiger partial charge in [-0.15, -0.1) is 0 Å². The van der Waals surface area contributed by atoms with Crippen molar-refractivity contribution in [2.45, 2.75) is 43.7 Å². The largest absolute Gasteiger partial charge is 0.354 e. The van der Waals surface area contributed by atoms with E-state index < -0.39 is 34.3 Å². The summed E-state index contributed by atoms with van der Waals surface area (Å²) in [4.78, 5) is 29.5. The van der Waals surface area contributed by atoms with Crippen molar-refractivity contribution < 1.29 is 22.4 Å². The van der Waals surface area contributed by atoms with Crippen molar-refractivity contribution in [3.63, 3.8) is 0 Å². The van der Waals surface area contributed by atoms with Crippen molar-refractivity contribution in [3.8, 4) is 0 Å². The van der Waals surface area contributed by atoms with E-state index in [1.165, 1.54) is 29.2 Å². The van der Waals surface area contributed by atoms with Gasteiger partial charge in [-0.3, -0.25) is 13.9 Å². The highest BCUT2D eigenvalue weighted by atomic mass is 79.9. The molecule has 0 aliphatic carbocycles. The number of nitrogens with one attached hydrogen (secondary N) is 1. The standard InChI is InChI=1S/C34H35BrFN3O4S/c1-2-3-21-37-34(41)32(23-26-11-6-4-7-12-26)38(24-27-13-10-14-28(35)22-27)33(40)25-39(30-19-17-29(36)18-20-30)44(42,43)31-15-8-5-9-16-31/h4-20,22,32H,2-3,21,23-25H2,1H3,(H,37,41). The molecule has 4 aromatic carbocycles. The number of anilines is 1. The Balaban J connectivity index is 1.78. The van der Waals surface area contributed by atoms with Gasteiger partial charge in [0, 0.05) is 24.0 Å². The van der Waals surface area contributed by atoms with Crippen molar-refractivity contribution in [3.05, 3.63) is 131 Å². The first-order chi connectivity index (χ1) is 21.2. The molecule has 0 aliphatic heterocycles. The van der Waals surface area contributed by atoms with E-state index in [4.69, 9.17) is 0 Å². The molecule has 4 aromatic rings. The molecule has 0 fully saturated rings. The maximum atomic E-state index is 14.4. The number of hydrogen-bond donors (Lipinski definition) is 1. The van der Waals surface area contributed by atoms with Crippen LogP contribution in [-0.4, -0.2) is 44.3 Å². The van der Waals surface area contributed by atoms with Crippen LogP contribution in [0.1, 0.15) is 30.9 Å². The second-order valence-corrected chi connectivity index (χ2v) is 13.1. The van der Waals surface area contributed by atoms with Gasteiger partial charge >= 0.3 is 0 Å². The maximum Gasteiger partial charge on any atom is 0.264 e. The van der Waals surface area contributed by atoms with E-state index in [9.17, 15) is 22.4 Å². The summed E-state index contributed by atoms with van der Waals surface area (Å²) in [7, 11) is -4.24. The van der Waals surface area contributed by atoms with Crippen LogP contribution in [0.25, 0.3) is 0 Å². The zero-order valence-electron chi connectivity index (χ0n) is 24.4. The molecule has 0 radical (unpaired) electrons. The summed E-state index contributed by atoms with van der Waals surface area (Å²) < 4.78 is 43.5. The van der Waals surface area contributed by atoms with Gasteiger partial charge in [0.25, 0.3) is 10.0 Å². The van der Waals surface area contributed by atoms with Crippen LogP contribution in [-0.2, 0) is 32.6 Å². The molecule has 1 N–H and O–H groups in total. The van der Waals surface area contributed by atoms with Gasteiger partial charge in [0.05, 0.1) is 10.6 Å². The van der Waals surface area contributed by atoms with E-state index in [2.05, 4.69) is 21.2 Å². The van der Waals surface area contributed by atoms with Gasteiger partial charge in [-0.1, -0.05) is 89.9 Å². The number of hydrogen-bond acceptors (Lipinski definition) is 4. The maximum absolute atomic E-state index is 14.4. The summed E-state index contributed by atoms with van der Waals surface area (Å²) >= 11 is 3.48. The minimum atomic E-state index is -4.24. The molecule has 2 amide bonds. The first kappa shape index (κ1) is 32.9. The number of unbranched alkanes of at least 4 members (excludes halogenated alkanes) is 1. The number of nitrogens with zero attached hydrogens (tertiary/aromatic N) is 2. The highest BCUT2D eigenvalue weighted by Crippen LogP contribution is 2.25. The monoisotopic (exact) mass is 679 g/mol. The first-order valence-electron chi connectivity index (χ1n) is 14.4. The molecule has 0 aromatic heterocycles. The van der Waals surface area contributed by atoms with Gasteiger partial charge in [0.2, 0.25) is 11.8 Å². The molecule has 4 rings (SSSR count). The molecule has 0 bridgehead atoms. The van der Waals surface area contributed by atoms with Gasteiger partial charge in [-0.2, -0.15) is 0 Å². The van der Waals surface area contributed by atoms with Crippen molar-refractivity contribution >= 4 is 43.5 Å². The molecule has 0 saturated carbocycles. The normalized spacial score (nSPS) is 11.9. The smallest absolute Gasteiger partial charge is 0.264 e. The third kappa shape index (κ3) is 8.76. The predicted molar refractivity (Wildman–Crippen MR) is 174 cm³/mol. The molecule has 0 heterocycles. The lowest BCUT2D eigenvalue weighted by molar-refractivity contribution is -0.140. The Morgan fingerprint density at radius 3 is 2.14 bits per heavy atom. The van der Waals surface area contributed by atoms with E-state index in [1.807, 2.05) is 61.5 Å². The summed E-state index contributed by atoms with van der Waals surface area (Å²) in [6, 6.07) is 28.5. The SMILES string of the molecule is CCCCNC(=O)C(Cc1ccccc1)N(Cc1cccc(Br)c1)C(=O)CN(c1ccc(F)cc1)S(=O)(=O)c1ccccc1. The molecular weight excluding hydrogens is 645 g/mol. The number of benzene rings is 4. The van der Waals surface area contributed by atoms with Gasteiger partial charge in [0.1, 0.15) is 18.4 Å². The molecule has 1 unspecified atom stereocenters. The van der Waals surface area contributed by atoms with Crippen LogP contribution in [0.3, 0.4) is 0 Å². The van der Waals surface area contributed by atoms with Crippen LogP contribution < -0.4 is 9.62 Å². The van der Waals surface area contributed by atoms with Gasteiger partial charge in [0.15, 0.2) is 0 Å².